The third kappa shape index (κ3) is 2.77. The molecule has 0 unspecified atom stereocenters. The van der Waals surface area contributed by atoms with E-state index in [1.807, 2.05) is 13.8 Å². The minimum Gasteiger partial charge on any atom is -0.221 e. The van der Waals surface area contributed by atoms with E-state index in [2.05, 4.69) is 11.2 Å². The first-order valence-corrected chi connectivity index (χ1v) is 6.34. The molecule has 0 aliphatic rings. The second kappa shape index (κ2) is 5.41. The molecule has 0 bridgehead atoms. The zero-order valence-corrected chi connectivity index (χ0v) is 11.4. The summed E-state index contributed by atoms with van der Waals surface area (Å²) in [4.78, 5) is 0. The average molecular weight is 278 g/mol. The van der Waals surface area contributed by atoms with Crippen LogP contribution in [0.15, 0.2) is 24.3 Å². The van der Waals surface area contributed by atoms with Crippen LogP contribution in [0.5, 0.6) is 0 Å². The van der Waals surface area contributed by atoms with Crippen molar-refractivity contribution in [3.8, 4) is 11.8 Å². The van der Waals surface area contributed by atoms with Crippen LogP contribution in [-0.2, 0) is 6.42 Å². The molecule has 19 heavy (non-hydrogen) atoms. The summed E-state index contributed by atoms with van der Waals surface area (Å²) in [6.07, 6.45) is 0.677. The van der Waals surface area contributed by atoms with Gasteiger partial charge in [-0.2, -0.15) is 10.4 Å². The number of benzene rings is 1. The monoisotopic (exact) mass is 277 g/mol. The first-order valence-electron chi connectivity index (χ1n) is 5.96. The lowest BCUT2D eigenvalue weighted by Gasteiger charge is -2.02. The summed E-state index contributed by atoms with van der Waals surface area (Å²) in [6, 6.07) is 7.91. The van der Waals surface area contributed by atoms with Crippen LogP contribution in [0.2, 0.25) is 5.15 Å². The smallest absolute Gasteiger partial charge is 0.150 e. The van der Waals surface area contributed by atoms with E-state index in [1.54, 1.807) is 12.1 Å². The van der Waals surface area contributed by atoms with Crippen LogP contribution >= 0.6 is 11.6 Å². The van der Waals surface area contributed by atoms with Crippen molar-refractivity contribution >= 4 is 11.6 Å². The van der Waals surface area contributed by atoms with Gasteiger partial charge in [0.25, 0.3) is 0 Å². The van der Waals surface area contributed by atoms with E-state index < -0.39 is 0 Å². The molecule has 0 N–H and O–H groups in total. The maximum absolute atomic E-state index is 12.9. The van der Waals surface area contributed by atoms with Gasteiger partial charge in [-0.3, -0.25) is 0 Å². The van der Waals surface area contributed by atoms with Crippen molar-refractivity contribution < 1.29 is 4.39 Å². The number of nitriles is 1. The summed E-state index contributed by atoms with van der Waals surface area (Å²) < 4.78 is 14.4. The molecule has 98 valence electrons. The summed E-state index contributed by atoms with van der Waals surface area (Å²) >= 11 is 6.17. The highest BCUT2D eigenvalue weighted by atomic mass is 35.5. The van der Waals surface area contributed by atoms with Crippen molar-refractivity contribution in [2.24, 2.45) is 5.92 Å². The lowest BCUT2D eigenvalue weighted by Crippen LogP contribution is -2.00. The Kier molecular flexibility index (Phi) is 3.87. The van der Waals surface area contributed by atoms with E-state index >= 15 is 0 Å². The molecule has 0 aliphatic heterocycles. The Balaban J connectivity index is 2.50. The SMILES string of the molecule is CC(C)Cc1nn(-c2ccc(F)cc2)c(Cl)c1C#N. The Hall–Kier alpha value is -1.86. The van der Waals surface area contributed by atoms with E-state index in [-0.39, 0.29) is 11.0 Å². The molecule has 0 aliphatic carbocycles. The van der Waals surface area contributed by atoms with Gasteiger partial charge in [-0.05, 0) is 36.6 Å². The van der Waals surface area contributed by atoms with Crippen molar-refractivity contribution in [3.05, 3.63) is 46.5 Å². The zero-order valence-electron chi connectivity index (χ0n) is 10.7. The van der Waals surface area contributed by atoms with Gasteiger partial charge in [0.2, 0.25) is 0 Å². The maximum Gasteiger partial charge on any atom is 0.150 e. The number of hydrogen-bond acceptors (Lipinski definition) is 2. The number of hydrogen-bond donors (Lipinski definition) is 0. The standard InChI is InChI=1S/C14H13ClFN3/c1-9(2)7-13-12(8-17)14(15)19(18-13)11-5-3-10(16)4-6-11/h3-6,9H,7H2,1-2H3. The second-order valence-corrected chi connectivity index (χ2v) is 5.07. The molecule has 0 saturated heterocycles. The Morgan fingerprint density at radius 1 is 1.37 bits per heavy atom. The Morgan fingerprint density at radius 3 is 2.53 bits per heavy atom. The number of halogens is 2. The minimum atomic E-state index is -0.324. The van der Waals surface area contributed by atoms with Gasteiger partial charge in [0, 0.05) is 0 Å². The van der Waals surface area contributed by atoms with Crippen LogP contribution in [0.25, 0.3) is 5.69 Å². The summed E-state index contributed by atoms with van der Waals surface area (Å²) in [7, 11) is 0. The quantitative estimate of drug-likeness (QED) is 0.858. The van der Waals surface area contributed by atoms with Crippen molar-refractivity contribution in [2.75, 3.05) is 0 Å². The molecule has 0 atom stereocenters. The molecule has 2 aromatic rings. The molecule has 0 fully saturated rings. The molecule has 2 rings (SSSR count). The molecule has 1 heterocycles. The summed E-state index contributed by atoms with van der Waals surface area (Å²) in [6.45, 7) is 4.10. The van der Waals surface area contributed by atoms with Gasteiger partial charge >= 0.3 is 0 Å². The summed E-state index contributed by atoms with van der Waals surface area (Å²) in [5, 5.41) is 13.8. The predicted octanol–water partition coefficient (Wildman–Crippen LogP) is 3.73. The van der Waals surface area contributed by atoms with E-state index in [1.165, 1.54) is 16.8 Å². The molecule has 0 amide bonds. The van der Waals surface area contributed by atoms with Crippen molar-refractivity contribution in [3.63, 3.8) is 0 Å². The van der Waals surface area contributed by atoms with Crippen LogP contribution in [0.1, 0.15) is 25.1 Å². The molecule has 0 spiro atoms. The summed E-state index contributed by atoms with van der Waals surface area (Å²) in [5.41, 5.74) is 1.70. The van der Waals surface area contributed by atoms with Gasteiger partial charge in [0.1, 0.15) is 17.4 Å². The predicted molar refractivity (Wildman–Crippen MR) is 71.8 cm³/mol. The van der Waals surface area contributed by atoms with Gasteiger partial charge in [0.05, 0.1) is 11.4 Å². The van der Waals surface area contributed by atoms with E-state index in [0.717, 1.165) is 0 Å². The number of aromatic nitrogens is 2. The Bertz CT molecular complexity index is 623. The van der Waals surface area contributed by atoms with Crippen molar-refractivity contribution in [1.29, 1.82) is 5.26 Å². The first-order chi connectivity index (χ1) is 9.02. The maximum atomic E-state index is 12.9. The topological polar surface area (TPSA) is 41.6 Å². The Labute approximate surface area is 116 Å². The summed E-state index contributed by atoms with van der Waals surface area (Å²) in [5.74, 6) is 0.0506. The highest BCUT2D eigenvalue weighted by Crippen LogP contribution is 2.24. The second-order valence-electron chi connectivity index (χ2n) is 4.71. The highest BCUT2D eigenvalue weighted by Gasteiger charge is 2.17. The number of rotatable bonds is 3. The van der Waals surface area contributed by atoms with Crippen LogP contribution in [0.4, 0.5) is 4.39 Å². The van der Waals surface area contributed by atoms with Gasteiger partial charge < -0.3 is 0 Å². The Morgan fingerprint density at radius 2 is 2.00 bits per heavy atom. The largest absolute Gasteiger partial charge is 0.221 e. The van der Waals surface area contributed by atoms with Gasteiger partial charge in [-0.1, -0.05) is 25.4 Å². The molecule has 0 saturated carbocycles. The van der Waals surface area contributed by atoms with Crippen LogP contribution in [-0.4, -0.2) is 9.78 Å². The fraction of sp³-hybridized carbons (Fsp3) is 0.286. The average Bonchev–Trinajstić information content (AvgIpc) is 2.66. The molecular weight excluding hydrogens is 265 g/mol. The number of nitrogens with zero attached hydrogens (tertiary/aromatic N) is 3. The zero-order chi connectivity index (χ0) is 14.0. The molecule has 1 aromatic carbocycles. The van der Waals surface area contributed by atoms with Crippen LogP contribution in [0.3, 0.4) is 0 Å². The van der Waals surface area contributed by atoms with E-state index in [9.17, 15) is 4.39 Å². The molecule has 3 nitrogen and oxygen atoms in total. The molecule has 0 radical (unpaired) electrons. The van der Waals surface area contributed by atoms with E-state index in [4.69, 9.17) is 16.9 Å². The molecule has 1 aromatic heterocycles. The van der Waals surface area contributed by atoms with Crippen molar-refractivity contribution in [1.82, 2.24) is 9.78 Å². The minimum absolute atomic E-state index is 0.268. The van der Waals surface area contributed by atoms with Crippen molar-refractivity contribution in [2.45, 2.75) is 20.3 Å². The fourth-order valence-electron chi connectivity index (χ4n) is 1.83. The third-order valence-electron chi connectivity index (χ3n) is 2.69. The third-order valence-corrected chi connectivity index (χ3v) is 3.04. The van der Waals surface area contributed by atoms with Gasteiger partial charge in [-0.15, -0.1) is 0 Å². The molecule has 5 heteroatoms. The highest BCUT2D eigenvalue weighted by molar-refractivity contribution is 6.31. The molecular formula is C14H13ClFN3. The normalized spacial score (nSPS) is 10.7. The van der Waals surface area contributed by atoms with E-state index in [0.29, 0.717) is 29.3 Å². The first kappa shape index (κ1) is 13.6. The van der Waals surface area contributed by atoms with Crippen LogP contribution < -0.4 is 0 Å². The lowest BCUT2D eigenvalue weighted by atomic mass is 10.1. The van der Waals surface area contributed by atoms with Gasteiger partial charge in [0.15, 0.2) is 5.15 Å². The van der Waals surface area contributed by atoms with Crippen LogP contribution in [0, 0.1) is 23.1 Å². The van der Waals surface area contributed by atoms with Gasteiger partial charge in [-0.25, -0.2) is 9.07 Å². The fourth-order valence-corrected chi connectivity index (χ4v) is 2.12. The lowest BCUT2D eigenvalue weighted by molar-refractivity contribution is 0.623.